The second-order valence-corrected chi connectivity index (χ2v) is 8.29. The minimum atomic E-state index is -0.829. The minimum absolute atomic E-state index is 0.0770. The Hall–Kier alpha value is -3.39. The molecule has 1 atom stereocenters. The highest BCUT2D eigenvalue weighted by atomic mass is 35.5. The van der Waals surface area contributed by atoms with E-state index in [1.165, 1.54) is 0 Å². The van der Waals surface area contributed by atoms with E-state index in [2.05, 4.69) is 15.5 Å². The number of hydrogen-bond acceptors (Lipinski definition) is 6. The van der Waals surface area contributed by atoms with Gasteiger partial charge in [0, 0.05) is 34.3 Å². The first-order valence-corrected chi connectivity index (χ1v) is 11.3. The fraction of sp³-hybridized carbons (Fsp3) is 0.160. The molecule has 0 bridgehead atoms. The first-order valence-electron chi connectivity index (χ1n) is 10.5. The zero-order valence-electron chi connectivity index (χ0n) is 17.9. The van der Waals surface area contributed by atoms with Gasteiger partial charge >= 0.3 is 5.97 Å². The maximum Gasteiger partial charge on any atom is 0.304 e. The molecule has 0 aliphatic heterocycles. The van der Waals surface area contributed by atoms with Gasteiger partial charge in [0.05, 0.1) is 6.42 Å². The van der Waals surface area contributed by atoms with Crippen LogP contribution in [-0.4, -0.2) is 27.8 Å². The summed E-state index contributed by atoms with van der Waals surface area (Å²) in [4.78, 5) is 15.2. The number of nitrogens with zero attached hydrogens (tertiary/aromatic N) is 2. The van der Waals surface area contributed by atoms with E-state index in [1.54, 1.807) is 30.3 Å². The zero-order chi connectivity index (χ0) is 23.9. The fourth-order valence-electron chi connectivity index (χ4n) is 3.27. The zero-order valence-corrected chi connectivity index (χ0v) is 19.5. The number of rotatable bonds is 10. The first kappa shape index (κ1) is 23.8. The highest BCUT2D eigenvalue weighted by molar-refractivity contribution is 6.31. The fourth-order valence-corrected chi connectivity index (χ4v) is 3.68. The van der Waals surface area contributed by atoms with Crippen molar-refractivity contribution < 1.29 is 19.2 Å². The van der Waals surface area contributed by atoms with Gasteiger partial charge in [-0.1, -0.05) is 76.9 Å². The lowest BCUT2D eigenvalue weighted by molar-refractivity contribution is -0.136. The molecule has 2 N–H and O–H groups in total. The van der Waals surface area contributed by atoms with Gasteiger partial charge < -0.3 is 19.7 Å². The van der Waals surface area contributed by atoms with Crippen molar-refractivity contribution in [2.24, 2.45) is 0 Å². The number of nitrogens with one attached hydrogen (secondary N) is 1. The quantitative estimate of drug-likeness (QED) is 0.268. The predicted octanol–water partition coefficient (Wildman–Crippen LogP) is 5.78. The van der Waals surface area contributed by atoms with E-state index in [0.717, 1.165) is 11.1 Å². The summed E-state index contributed by atoms with van der Waals surface area (Å²) >= 11 is 12.6. The second-order valence-electron chi connectivity index (χ2n) is 7.45. The molecule has 4 aromatic rings. The molecule has 3 aromatic carbocycles. The van der Waals surface area contributed by atoms with Crippen molar-refractivity contribution >= 4 is 29.2 Å². The number of hydrogen-bond donors (Lipinski definition) is 2. The van der Waals surface area contributed by atoms with Crippen molar-refractivity contribution in [3.05, 3.63) is 99.9 Å². The molecular formula is C25H21Cl2N3O4. The number of aliphatic carboxylic acids is 1. The lowest BCUT2D eigenvalue weighted by atomic mass is 10.1. The maximum absolute atomic E-state index is 10.6. The van der Waals surface area contributed by atoms with Gasteiger partial charge in [-0.15, -0.1) is 0 Å². The molecule has 0 aliphatic carbocycles. The van der Waals surface area contributed by atoms with Crippen LogP contribution in [0, 0.1) is 0 Å². The van der Waals surface area contributed by atoms with Gasteiger partial charge in [-0.3, -0.25) is 4.79 Å². The van der Waals surface area contributed by atoms with Crippen LogP contribution in [0.2, 0.25) is 10.0 Å². The number of carbonyl (C=O) groups is 1. The van der Waals surface area contributed by atoms with E-state index < -0.39 is 12.1 Å². The predicted molar refractivity (Wildman–Crippen MR) is 129 cm³/mol. The number of aromatic nitrogens is 2. The summed E-state index contributed by atoms with van der Waals surface area (Å²) < 4.78 is 11.8. The Bertz CT molecular complexity index is 1260. The standard InChI is InChI=1S/C25H21Cl2N3O4/c26-18-4-3-5-19(14-18)33-23(20-6-1-2-7-21(20)27)25-29-24(30-34-25)17-10-8-16(9-11-17)15-28-13-12-22(31)32/h1-11,14,23,28H,12-13,15H2,(H,31,32). The topological polar surface area (TPSA) is 97.5 Å². The van der Waals surface area contributed by atoms with Gasteiger partial charge in [-0.05, 0) is 29.8 Å². The summed E-state index contributed by atoms with van der Waals surface area (Å²) in [5.74, 6) is 0.372. The first-order chi connectivity index (χ1) is 16.5. The molecule has 0 aliphatic rings. The molecule has 0 fully saturated rings. The smallest absolute Gasteiger partial charge is 0.304 e. The summed E-state index contributed by atoms with van der Waals surface area (Å²) in [5.41, 5.74) is 2.46. The van der Waals surface area contributed by atoms with Crippen molar-refractivity contribution in [3.63, 3.8) is 0 Å². The van der Waals surface area contributed by atoms with E-state index in [9.17, 15) is 4.79 Å². The summed E-state index contributed by atoms with van der Waals surface area (Å²) in [6, 6.07) is 21.9. The molecule has 0 spiro atoms. The molecule has 4 rings (SSSR count). The van der Waals surface area contributed by atoms with Crippen LogP contribution in [0.5, 0.6) is 5.75 Å². The number of ether oxygens (including phenoxy) is 1. The SMILES string of the molecule is O=C(O)CCNCc1ccc(-c2noc(C(Oc3cccc(Cl)c3)c3ccccc3Cl)n2)cc1. The van der Waals surface area contributed by atoms with Gasteiger partial charge in [0.25, 0.3) is 5.89 Å². The molecule has 34 heavy (non-hydrogen) atoms. The Morgan fingerprint density at radius 3 is 2.59 bits per heavy atom. The third kappa shape index (κ3) is 6.14. The van der Waals surface area contributed by atoms with E-state index >= 15 is 0 Å². The van der Waals surface area contributed by atoms with Crippen LogP contribution < -0.4 is 10.1 Å². The van der Waals surface area contributed by atoms with Gasteiger partial charge in [-0.2, -0.15) is 4.98 Å². The molecule has 9 heteroatoms. The average molecular weight is 498 g/mol. The second kappa shape index (κ2) is 11.2. The molecule has 174 valence electrons. The van der Waals surface area contributed by atoms with Crippen LogP contribution in [0.4, 0.5) is 0 Å². The molecule has 0 saturated carbocycles. The van der Waals surface area contributed by atoms with Crippen LogP contribution in [0.15, 0.2) is 77.3 Å². The largest absolute Gasteiger partial charge is 0.481 e. The highest BCUT2D eigenvalue weighted by Gasteiger charge is 2.26. The lowest BCUT2D eigenvalue weighted by Gasteiger charge is -2.17. The van der Waals surface area contributed by atoms with Crippen molar-refractivity contribution in [1.29, 1.82) is 0 Å². The van der Waals surface area contributed by atoms with Crippen molar-refractivity contribution in [2.75, 3.05) is 6.54 Å². The van der Waals surface area contributed by atoms with E-state index in [-0.39, 0.29) is 12.3 Å². The van der Waals surface area contributed by atoms with Crippen LogP contribution in [-0.2, 0) is 11.3 Å². The van der Waals surface area contributed by atoms with Crippen LogP contribution in [0.3, 0.4) is 0 Å². The monoisotopic (exact) mass is 497 g/mol. The molecule has 1 aromatic heterocycles. The van der Waals surface area contributed by atoms with E-state index in [1.807, 2.05) is 42.5 Å². The van der Waals surface area contributed by atoms with E-state index in [4.69, 9.17) is 37.6 Å². The summed E-state index contributed by atoms with van der Waals surface area (Å²) in [6.45, 7) is 0.967. The Kier molecular flexibility index (Phi) is 7.80. The van der Waals surface area contributed by atoms with Gasteiger partial charge in [-0.25, -0.2) is 0 Å². The van der Waals surface area contributed by atoms with Gasteiger partial charge in [0.1, 0.15) is 5.75 Å². The van der Waals surface area contributed by atoms with Crippen molar-refractivity contribution in [1.82, 2.24) is 15.5 Å². The number of halogens is 2. The minimum Gasteiger partial charge on any atom is -0.481 e. The normalized spacial score (nSPS) is 11.8. The molecule has 1 heterocycles. The van der Waals surface area contributed by atoms with E-state index in [0.29, 0.717) is 40.3 Å². The Morgan fingerprint density at radius 2 is 1.85 bits per heavy atom. The Labute approximate surface area is 206 Å². The Balaban J connectivity index is 1.54. The number of carboxylic acid groups (broad SMARTS) is 1. The number of carboxylic acids is 1. The van der Waals surface area contributed by atoms with Crippen molar-refractivity contribution in [3.8, 4) is 17.1 Å². The van der Waals surface area contributed by atoms with Crippen LogP contribution >= 0.6 is 23.2 Å². The third-order valence-corrected chi connectivity index (χ3v) is 5.54. The molecular weight excluding hydrogens is 477 g/mol. The highest BCUT2D eigenvalue weighted by Crippen LogP contribution is 2.33. The average Bonchev–Trinajstić information content (AvgIpc) is 3.31. The molecule has 1 unspecified atom stereocenters. The number of benzene rings is 3. The Morgan fingerprint density at radius 1 is 1.06 bits per heavy atom. The van der Waals surface area contributed by atoms with Gasteiger partial charge in [0.15, 0.2) is 0 Å². The third-order valence-electron chi connectivity index (χ3n) is 4.96. The summed E-state index contributed by atoms with van der Waals surface area (Å²) in [7, 11) is 0. The summed E-state index contributed by atoms with van der Waals surface area (Å²) in [6.07, 6.45) is -0.653. The molecule has 0 saturated heterocycles. The lowest BCUT2D eigenvalue weighted by Crippen LogP contribution is -2.17. The van der Waals surface area contributed by atoms with Crippen LogP contribution in [0.25, 0.3) is 11.4 Å². The summed E-state index contributed by atoms with van der Waals surface area (Å²) in [5, 5.41) is 17.0. The molecule has 0 radical (unpaired) electrons. The van der Waals surface area contributed by atoms with Crippen molar-refractivity contribution in [2.45, 2.75) is 19.1 Å². The molecule has 7 nitrogen and oxygen atoms in total. The van der Waals surface area contributed by atoms with Crippen LogP contribution in [0.1, 0.15) is 29.5 Å². The maximum atomic E-state index is 10.6. The molecule has 0 amide bonds. The van der Waals surface area contributed by atoms with Gasteiger partial charge in [0.2, 0.25) is 11.9 Å².